The SMILES string of the molecule is O=C(c1ccco1)N1CCN(c2cc(-c3cccs3)[nH]n2)CC1. The molecule has 0 radical (unpaired) electrons. The number of piperazine rings is 1. The minimum atomic E-state index is -0.0454. The molecule has 3 aromatic rings. The number of anilines is 1. The lowest BCUT2D eigenvalue weighted by Crippen LogP contribution is -2.48. The third-order valence-corrected chi connectivity index (χ3v) is 4.88. The number of aromatic nitrogens is 2. The lowest BCUT2D eigenvalue weighted by atomic mass is 10.2. The number of thiophene rings is 1. The summed E-state index contributed by atoms with van der Waals surface area (Å²) in [5, 5.41) is 9.54. The van der Waals surface area contributed by atoms with E-state index in [1.165, 1.54) is 11.1 Å². The number of aromatic amines is 1. The minimum absolute atomic E-state index is 0.0454. The number of furan rings is 1. The first-order valence-corrected chi connectivity index (χ1v) is 8.36. The Kier molecular flexibility index (Phi) is 3.63. The highest BCUT2D eigenvalue weighted by molar-refractivity contribution is 7.13. The standard InChI is InChI=1S/C16H16N4O2S/c21-16(13-3-1-9-22-13)20-7-5-19(6-8-20)15-11-12(17-18-15)14-4-2-10-23-14/h1-4,9-11H,5-8H2,(H,17,18). The smallest absolute Gasteiger partial charge is 0.289 e. The Hall–Kier alpha value is -2.54. The molecule has 3 aromatic heterocycles. The van der Waals surface area contributed by atoms with E-state index < -0.39 is 0 Å². The van der Waals surface area contributed by atoms with E-state index in [-0.39, 0.29) is 5.91 Å². The Morgan fingerprint density at radius 2 is 2.09 bits per heavy atom. The van der Waals surface area contributed by atoms with E-state index >= 15 is 0 Å². The molecule has 23 heavy (non-hydrogen) atoms. The zero-order valence-electron chi connectivity index (χ0n) is 12.4. The Morgan fingerprint density at radius 1 is 1.22 bits per heavy atom. The van der Waals surface area contributed by atoms with Crippen LogP contribution < -0.4 is 4.90 Å². The van der Waals surface area contributed by atoms with Crippen molar-refractivity contribution in [2.24, 2.45) is 0 Å². The van der Waals surface area contributed by atoms with Gasteiger partial charge in [0.05, 0.1) is 16.8 Å². The topological polar surface area (TPSA) is 65.4 Å². The van der Waals surface area contributed by atoms with Crippen LogP contribution in [0.5, 0.6) is 0 Å². The molecule has 1 fully saturated rings. The predicted molar refractivity (Wildman–Crippen MR) is 88.7 cm³/mol. The Bertz CT molecular complexity index is 771. The summed E-state index contributed by atoms with van der Waals surface area (Å²) in [6.45, 7) is 2.86. The van der Waals surface area contributed by atoms with Crippen LogP contribution in [0.4, 0.5) is 5.82 Å². The van der Waals surface area contributed by atoms with Gasteiger partial charge in [0.25, 0.3) is 5.91 Å². The second-order valence-corrected chi connectivity index (χ2v) is 6.32. The maximum atomic E-state index is 12.3. The zero-order valence-corrected chi connectivity index (χ0v) is 13.3. The molecule has 1 N–H and O–H groups in total. The predicted octanol–water partition coefficient (Wildman–Crippen LogP) is 2.69. The summed E-state index contributed by atoms with van der Waals surface area (Å²) < 4.78 is 5.18. The Balaban J connectivity index is 1.41. The highest BCUT2D eigenvalue weighted by atomic mass is 32.1. The summed E-state index contributed by atoms with van der Waals surface area (Å²) in [6.07, 6.45) is 1.53. The van der Waals surface area contributed by atoms with Gasteiger partial charge in [0, 0.05) is 32.2 Å². The molecule has 0 aliphatic carbocycles. The number of nitrogens with one attached hydrogen (secondary N) is 1. The van der Waals surface area contributed by atoms with Crippen molar-refractivity contribution in [2.45, 2.75) is 0 Å². The lowest BCUT2D eigenvalue weighted by Gasteiger charge is -2.34. The van der Waals surface area contributed by atoms with E-state index in [1.54, 1.807) is 23.5 Å². The lowest BCUT2D eigenvalue weighted by molar-refractivity contribution is 0.0714. The normalized spacial score (nSPS) is 15.1. The molecule has 0 bridgehead atoms. The van der Waals surface area contributed by atoms with E-state index in [4.69, 9.17) is 4.42 Å². The molecule has 0 aromatic carbocycles. The molecule has 1 saturated heterocycles. The van der Waals surface area contributed by atoms with Crippen molar-refractivity contribution in [1.29, 1.82) is 0 Å². The first-order valence-electron chi connectivity index (χ1n) is 7.48. The van der Waals surface area contributed by atoms with Gasteiger partial charge in [-0.2, -0.15) is 5.10 Å². The number of hydrogen-bond acceptors (Lipinski definition) is 5. The average Bonchev–Trinajstić information content (AvgIpc) is 3.36. The second-order valence-electron chi connectivity index (χ2n) is 5.37. The fourth-order valence-electron chi connectivity index (χ4n) is 2.73. The molecular weight excluding hydrogens is 312 g/mol. The van der Waals surface area contributed by atoms with Crippen LogP contribution in [0.2, 0.25) is 0 Å². The van der Waals surface area contributed by atoms with Gasteiger partial charge in [-0.25, -0.2) is 0 Å². The first kappa shape index (κ1) is 14.1. The molecule has 4 heterocycles. The molecule has 6 nitrogen and oxygen atoms in total. The van der Waals surface area contributed by atoms with Crippen molar-refractivity contribution >= 4 is 23.1 Å². The van der Waals surface area contributed by atoms with Crippen LogP contribution in [-0.4, -0.2) is 47.2 Å². The van der Waals surface area contributed by atoms with Crippen LogP contribution in [-0.2, 0) is 0 Å². The van der Waals surface area contributed by atoms with E-state index in [0.717, 1.165) is 24.6 Å². The number of rotatable bonds is 3. The van der Waals surface area contributed by atoms with Crippen molar-refractivity contribution in [2.75, 3.05) is 31.1 Å². The molecule has 118 valence electrons. The van der Waals surface area contributed by atoms with Gasteiger partial charge in [0.15, 0.2) is 11.6 Å². The quantitative estimate of drug-likeness (QED) is 0.803. The van der Waals surface area contributed by atoms with Crippen molar-refractivity contribution < 1.29 is 9.21 Å². The van der Waals surface area contributed by atoms with Crippen LogP contribution in [0.25, 0.3) is 10.6 Å². The summed E-state index contributed by atoms with van der Waals surface area (Å²) in [6, 6.07) is 9.60. The van der Waals surface area contributed by atoms with Crippen molar-refractivity contribution in [1.82, 2.24) is 15.1 Å². The zero-order chi connectivity index (χ0) is 15.6. The number of carbonyl (C=O) groups excluding carboxylic acids is 1. The molecule has 0 unspecified atom stereocenters. The summed E-state index contributed by atoms with van der Waals surface area (Å²) in [7, 11) is 0. The van der Waals surface area contributed by atoms with E-state index in [1.807, 2.05) is 11.0 Å². The van der Waals surface area contributed by atoms with Gasteiger partial charge in [-0.15, -0.1) is 11.3 Å². The van der Waals surface area contributed by atoms with Gasteiger partial charge in [-0.05, 0) is 23.6 Å². The van der Waals surface area contributed by atoms with E-state index in [0.29, 0.717) is 18.8 Å². The van der Waals surface area contributed by atoms with Crippen LogP contribution in [0, 0.1) is 0 Å². The fraction of sp³-hybridized carbons (Fsp3) is 0.250. The summed E-state index contributed by atoms with van der Waals surface area (Å²) in [5.41, 5.74) is 1.03. The van der Waals surface area contributed by atoms with Gasteiger partial charge in [-0.1, -0.05) is 6.07 Å². The van der Waals surface area contributed by atoms with Gasteiger partial charge < -0.3 is 14.2 Å². The molecular formula is C16H16N4O2S. The Morgan fingerprint density at radius 3 is 2.78 bits per heavy atom. The molecule has 4 rings (SSSR count). The molecule has 1 aliphatic rings. The number of nitrogens with zero attached hydrogens (tertiary/aromatic N) is 3. The molecule has 1 aliphatic heterocycles. The van der Waals surface area contributed by atoms with Gasteiger partial charge in [0.1, 0.15) is 0 Å². The Labute approximate surface area is 137 Å². The second kappa shape index (κ2) is 5.92. The molecule has 0 spiro atoms. The monoisotopic (exact) mass is 328 g/mol. The number of amides is 1. The van der Waals surface area contributed by atoms with Crippen LogP contribution >= 0.6 is 11.3 Å². The largest absolute Gasteiger partial charge is 0.459 e. The molecule has 0 atom stereocenters. The highest BCUT2D eigenvalue weighted by Crippen LogP contribution is 2.26. The van der Waals surface area contributed by atoms with Gasteiger partial charge in [0.2, 0.25) is 0 Å². The number of carbonyl (C=O) groups is 1. The van der Waals surface area contributed by atoms with Gasteiger partial charge in [-0.3, -0.25) is 9.89 Å². The number of hydrogen-bond donors (Lipinski definition) is 1. The van der Waals surface area contributed by atoms with Crippen molar-refractivity contribution in [3.8, 4) is 10.6 Å². The number of H-pyrrole nitrogens is 1. The first-order chi connectivity index (χ1) is 11.3. The van der Waals surface area contributed by atoms with Crippen molar-refractivity contribution in [3.63, 3.8) is 0 Å². The summed E-state index contributed by atoms with van der Waals surface area (Å²) in [4.78, 5) is 17.4. The van der Waals surface area contributed by atoms with Crippen molar-refractivity contribution in [3.05, 3.63) is 47.7 Å². The van der Waals surface area contributed by atoms with Crippen LogP contribution in [0.15, 0.2) is 46.4 Å². The maximum Gasteiger partial charge on any atom is 0.289 e. The third-order valence-electron chi connectivity index (χ3n) is 3.97. The average molecular weight is 328 g/mol. The molecule has 1 amide bonds. The molecule has 7 heteroatoms. The summed E-state index contributed by atoms with van der Waals surface area (Å²) >= 11 is 1.69. The highest BCUT2D eigenvalue weighted by Gasteiger charge is 2.24. The fourth-order valence-corrected chi connectivity index (χ4v) is 3.42. The van der Waals surface area contributed by atoms with Crippen LogP contribution in [0.1, 0.15) is 10.6 Å². The van der Waals surface area contributed by atoms with E-state index in [9.17, 15) is 4.79 Å². The minimum Gasteiger partial charge on any atom is -0.459 e. The van der Waals surface area contributed by atoms with Crippen LogP contribution in [0.3, 0.4) is 0 Å². The maximum absolute atomic E-state index is 12.3. The third kappa shape index (κ3) is 2.75. The molecule has 0 saturated carbocycles. The summed E-state index contributed by atoms with van der Waals surface area (Å²) in [5.74, 6) is 1.28. The van der Waals surface area contributed by atoms with Gasteiger partial charge >= 0.3 is 0 Å². The van der Waals surface area contributed by atoms with E-state index in [2.05, 4.69) is 32.6 Å².